The molecule has 0 heterocycles. The molecule has 0 fully saturated rings. The summed E-state index contributed by atoms with van der Waals surface area (Å²) in [7, 11) is -4.62. The van der Waals surface area contributed by atoms with Gasteiger partial charge in [0, 0.05) is 12.8 Å². The Balaban J connectivity index is 4.08. The average Bonchev–Trinajstić information content (AvgIpc) is 3.26. The molecule has 3 N–H and O–H groups in total. The van der Waals surface area contributed by atoms with Gasteiger partial charge in [0.1, 0.15) is 12.7 Å². The molecule has 10 nitrogen and oxygen atoms in total. The van der Waals surface area contributed by atoms with Crippen molar-refractivity contribution in [1.29, 1.82) is 0 Å². The Morgan fingerprint density at radius 1 is 0.468 bits per heavy atom. The van der Waals surface area contributed by atoms with Gasteiger partial charge < -0.3 is 24.6 Å². The maximum Gasteiger partial charge on any atom is 0.472 e. The molecule has 3 atom stereocenters. The lowest BCUT2D eigenvalue weighted by Crippen LogP contribution is -2.29. The molecule has 0 aromatic rings. The van der Waals surface area contributed by atoms with E-state index in [0.717, 1.165) is 51.4 Å². The van der Waals surface area contributed by atoms with Gasteiger partial charge in [-0.05, 0) is 38.5 Å². The summed E-state index contributed by atoms with van der Waals surface area (Å²) in [5.74, 6) is -0.918. The zero-order valence-electron chi connectivity index (χ0n) is 40.4. The fourth-order valence-electron chi connectivity index (χ4n) is 7.64. The third-order valence-electron chi connectivity index (χ3n) is 11.7. The topological polar surface area (TPSA) is 149 Å². The van der Waals surface area contributed by atoms with Gasteiger partial charge in [0.2, 0.25) is 0 Å². The summed E-state index contributed by atoms with van der Waals surface area (Å²) in [4.78, 5) is 35.1. The summed E-state index contributed by atoms with van der Waals surface area (Å²) < 4.78 is 32.9. The molecule has 62 heavy (non-hydrogen) atoms. The van der Waals surface area contributed by atoms with E-state index in [9.17, 15) is 24.2 Å². The first kappa shape index (κ1) is 60.7. The van der Waals surface area contributed by atoms with Gasteiger partial charge in [0.15, 0.2) is 6.10 Å². The predicted octanol–water partition coefficient (Wildman–Crippen LogP) is 14.7. The van der Waals surface area contributed by atoms with E-state index in [1.807, 2.05) is 0 Å². The first-order valence-corrected chi connectivity index (χ1v) is 27.6. The molecule has 368 valence electrons. The lowest BCUT2D eigenvalue weighted by atomic mass is 10.0. The second-order valence-electron chi connectivity index (χ2n) is 17.9. The van der Waals surface area contributed by atoms with Crippen molar-refractivity contribution in [2.24, 2.45) is 0 Å². The Morgan fingerprint density at radius 2 is 0.790 bits per heavy atom. The molecule has 0 radical (unpaired) electrons. The molecule has 0 aliphatic carbocycles. The number of esters is 2. The predicted molar refractivity (Wildman–Crippen MR) is 256 cm³/mol. The summed E-state index contributed by atoms with van der Waals surface area (Å²) >= 11 is 0. The Labute approximate surface area is 381 Å². The van der Waals surface area contributed by atoms with Gasteiger partial charge in [-0.25, -0.2) is 4.57 Å². The Morgan fingerprint density at radius 3 is 1.16 bits per heavy atom. The quantitative estimate of drug-likeness (QED) is 0.0233. The van der Waals surface area contributed by atoms with Gasteiger partial charge in [0.05, 0.1) is 19.8 Å². The van der Waals surface area contributed by atoms with Gasteiger partial charge in [-0.15, -0.1) is 0 Å². The van der Waals surface area contributed by atoms with Crippen LogP contribution in [-0.4, -0.2) is 65.7 Å². The number of aliphatic hydroxyl groups is 2. The number of unbranched alkanes of at least 4 members (excludes halogenated alkanes) is 34. The molecule has 0 aromatic heterocycles. The summed E-state index contributed by atoms with van der Waals surface area (Å²) in [5, 5.41) is 18.4. The third-order valence-corrected chi connectivity index (χ3v) is 12.6. The van der Waals surface area contributed by atoms with Crippen molar-refractivity contribution in [2.75, 3.05) is 26.4 Å². The number of ether oxygens (including phenoxy) is 2. The minimum Gasteiger partial charge on any atom is -0.462 e. The number of hydrogen-bond acceptors (Lipinski definition) is 9. The fraction of sp³-hybridized carbons (Fsp3) is 0.922. The zero-order valence-corrected chi connectivity index (χ0v) is 41.3. The molecule has 0 aliphatic rings. The van der Waals surface area contributed by atoms with Crippen LogP contribution in [0.3, 0.4) is 0 Å². The highest BCUT2D eigenvalue weighted by atomic mass is 31.2. The highest BCUT2D eigenvalue weighted by molar-refractivity contribution is 7.47. The molecule has 0 aliphatic heterocycles. The summed E-state index contributed by atoms with van der Waals surface area (Å²) in [6, 6.07) is 0. The van der Waals surface area contributed by atoms with E-state index in [0.29, 0.717) is 12.8 Å². The molecular formula is C51H99O10P. The van der Waals surface area contributed by atoms with E-state index >= 15 is 0 Å². The number of hydrogen-bond donors (Lipinski definition) is 3. The van der Waals surface area contributed by atoms with Crippen LogP contribution in [0.5, 0.6) is 0 Å². The number of phosphoric acid groups is 1. The number of rotatable bonds is 50. The second kappa shape index (κ2) is 47.7. The normalized spacial score (nSPS) is 13.7. The molecule has 0 saturated carbocycles. The van der Waals surface area contributed by atoms with Crippen LogP contribution in [0.25, 0.3) is 0 Å². The van der Waals surface area contributed by atoms with Gasteiger partial charge in [-0.3, -0.25) is 18.6 Å². The molecular weight excluding hydrogens is 804 g/mol. The van der Waals surface area contributed by atoms with Crippen molar-refractivity contribution in [3.05, 3.63) is 12.2 Å². The maximum atomic E-state index is 12.6. The third kappa shape index (κ3) is 46.7. The maximum absolute atomic E-state index is 12.6. The summed E-state index contributed by atoms with van der Waals surface area (Å²) in [6.45, 7) is 2.42. The second-order valence-corrected chi connectivity index (χ2v) is 19.4. The monoisotopic (exact) mass is 903 g/mol. The highest BCUT2D eigenvalue weighted by Gasteiger charge is 2.27. The van der Waals surface area contributed by atoms with E-state index in [2.05, 4.69) is 26.0 Å². The first-order chi connectivity index (χ1) is 30.2. The van der Waals surface area contributed by atoms with Crippen LogP contribution in [0.2, 0.25) is 0 Å². The van der Waals surface area contributed by atoms with E-state index in [4.69, 9.17) is 23.6 Å². The Kier molecular flexibility index (Phi) is 46.7. The molecule has 0 amide bonds. The van der Waals surface area contributed by atoms with Crippen LogP contribution in [0.15, 0.2) is 12.2 Å². The van der Waals surface area contributed by atoms with Crippen molar-refractivity contribution in [1.82, 2.24) is 0 Å². The number of aliphatic hydroxyl groups excluding tert-OH is 2. The van der Waals surface area contributed by atoms with E-state index in [-0.39, 0.29) is 19.4 Å². The summed E-state index contributed by atoms with van der Waals surface area (Å²) in [6.07, 6.45) is 49.0. The van der Waals surface area contributed by atoms with Gasteiger partial charge in [-0.1, -0.05) is 225 Å². The fourth-order valence-corrected chi connectivity index (χ4v) is 8.43. The van der Waals surface area contributed by atoms with Crippen molar-refractivity contribution in [3.8, 4) is 0 Å². The van der Waals surface area contributed by atoms with Crippen LogP contribution >= 0.6 is 7.82 Å². The SMILES string of the molecule is CCCCCCCC/C=C\CCCCCCCC(=O)OC(COC(=O)CCCCCCCCCCCCCCCCCCCCCCCCCC)COP(=O)(O)OCC(O)CO. The molecule has 0 rings (SSSR count). The number of phosphoric ester groups is 1. The van der Waals surface area contributed by atoms with Crippen molar-refractivity contribution in [3.63, 3.8) is 0 Å². The molecule has 0 bridgehead atoms. The smallest absolute Gasteiger partial charge is 0.462 e. The minimum atomic E-state index is -4.62. The molecule has 0 saturated heterocycles. The van der Waals surface area contributed by atoms with Gasteiger partial charge in [0.25, 0.3) is 0 Å². The van der Waals surface area contributed by atoms with Gasteiger partial charge in [-0.2, -0.15) is 0 Å². The highest BCUT2D eigenvalue weighted by Crippen LogP contribution is 2.43. The van der Waals surface area contributed by atoms with Gasteiger partial charge >= 0.3 is 19.8 Å². The zero-order chi connectivity index (χ0) is 45.5. The van der Waals surface area contributed by atoms with Crippen LogP contribution in [-0.2, 0) is 32.7 Å². The molecule has 0 aromatic carbocycles. The number of carbonyl (C=O) groups excluding carboxylic acids is 2. The minimum absolute atomic E-state index is 0.179. The van der Waals surface area contributed by atoms with E-state index in [1.165, 1.54) is 173 Å². The van der Waals surface area contributed by atoms with Crippen LogP contribution in [0.4, 0.5) is 0 Å². The van der Waals surface area contributed by atoms with Crippen molar-refractivity contribution >= 4 is 19.8 Å². The Hall–Kier alpha value is -1.29. The first-order valence-electron chi connectivity index (χ1n) is 26.1. The number of carbonyl (C=O) groups is 2. The largest absolute Gasteiger partial charge is 0.472 e. The lowest BCUT2D eigenvalue weighted by molar-refractivity contribution is -0.161. The molecule has 11 heteroatoms. The molecule has 3 unspecified atom stereocenters. The van der Waals surface area contributed by atoms with Crippen molar-refractivity contribution in [2.45, 2.75) is 276 Å². The van der Waals surface area contributed by atoms with E-state index in [1.54, 1.807) is 0 Å². The van der Waals surface area contributed by atoms with Crippen LogP contribution in [0.1, 0.15) is 264 Å². The number of allylic oxidation sites excluding steroid dienone is 2. The summed E-state index contributed by atoms with van der Waals surface area (Å²) in [5.41, 5.74) is 0. The lowest BCUT2D eigenvalue weighted by Gasteiger charge is -2.20. The standard InChI is InChI=1S/C51H99O10P/c1-3-5-7-9-11-13-15-17-19-20-21-22-23-24-25-26-27-29-30-32-34-36-38-40-42-50(54)58-46-49(47-60-62(56,57)59-45-48(53)44-52)61-51(55)43-41-39-37-35-33-31-28-18-16-14-12-10-8-6-4-2/h18,28,48-49,52-53H,3-17,19-27,29-47H2,1-2H3,(H,56,57)/b28-18-. The molecule has 0 spiro atoms. The van der Waals surface area contributed by atoms with Crippen LogP contribution in [0, 0.1) is 0 Å². The van der Waals surface area contributed by atoms with Crippen molar-refractivity contribution < 1.29 is 47.8 Å². The Bertz CT molecular complexity index is 1040. The van der Waals surface area contributed by atoms with E-state index < -0.39 is 51.8 Å². The average molecular weight is 903 g/mol. The van der Waals surface area contributed by atoms with Crippen LogP contribution < -0.4 is 0 Å².